The van der Waals surface area contributed by atoms with E-state index in [9.17, 15) is 9.90 Å². The number of hydrogen-bond acceptors (Lipinski definition) is 8. The van der Waals surface area contributed by atoms with Crippen molar-refractivity contribution >= 4 is 29.7 Å². The Morgan fingerprint density at radius 1 is 1.37 bits per heavy atom. The van der Waals surface area contributed by atoms with Crippen molar-refractivity contribution in [2.45, 2.75) is 12.1 Å². The minimum atomic E-state index is -0.273. The SMILES string of the molecule is Cc1cc(N2CCOCC2)nc(SCC(=O)N/N=C/c2ccccc2O)n1. The monoisotopic (exact) mass is 387 g/mol. The van der Waals surface area contributed by atoms with E-state index in [1.54, 1.807) is 24.3 Å². The Kier molecular flexibility index (Phi) is 6.61. The molecule has 0 unspecified atom stereocenters. The van der Waals surface area contributed by atoms with Gasteiger partial charge in [-0.1, -0.05) is 23.9 Å². The molecular weight excluding hydrogens is 366 g/mol. The molecule has 0 aliphatic carbocycles. The molecule has 9 heteroatoms. The van der Waals surface area contributed by atoms with Gasteiger partial charge in [-0.05, 0) is 19.1 Å². The standard InChI is InChI=1S/C18H21N5O3S/c1-13-10-16(23-6-8-26-9-7-23)21-18(20-13)27-12-17(25)22-19-11-14-4-2-3-5-15(14)24/h2-5,10-11,24H,6-9,12H2,1H3,(H,22,25)/b19-11+. The summed E-state index contributed by atoms with van der Waals surface area (Å²) in [5, 5.41) is 14.1. The molecule has 8 nitrogen and oxygen atoms in total. The van der Waals surface area contributed by atoms with Crippen LogP contribution in [0, 0.1) is 6.92 Å². The van der Waals surface area contributed by atoms with Crippen molar-refractivity contribution in [3.8, 4) is 5.75 Å². The van der Waals surface area contributed by atoms with Gasteiger partial charge in [0.05, 0.1) is 25.2 Å². The maximum Gasteiger partial charge on any atom is 0.250 e. The van der Waals surface area contributed by atoms with Crippen LogP contribution in [0.2, 0.25) is 0 Å². The Bertz CT molecular complexity index is 824. The predicted octanol–water partition coefficient (Wildman–Crippen LogP) is 1.57. The Morgan fingerprint density at radius 2 is 2.15 bits per heavy atom. The van der Waals surface area contributed by atoms with E-state index in [0.29, 0.717) is 23.9 Å². The molecule has 0 radical (unpaired) electrons. The van der Waals surface area contributed by atoms with Gasteiger partial charge < -0.3 is 14.7 Å². The number of amides is 1. The molecular formula is C18H21N5O3S. The zero-order valence-electron chi connectivity index (χ0n) is 15.0. The van der Waals surface area contributed by atoms with Crippen molar-refractivity contribution in [3.63, 3.8) is 0 Å². The first-order valence-electron chi connectivity index (χ1n) is 8.53. The molecule has 2 N–H and O–H groups in total. The molecule has 1 saturated heterocycles. The molecule has 1 aliphatic heterocycles. The second-order valence-electron chi connectivity index (χ2n) is 5.89. The van der Waals surface area contributed by atoms with Gasteiger partial charge in [0.15, 0.2) is 5.16 Å². The second-order valence-corrected chi connectivity index (χ2v) is 6.83. The first-order chi connectivity index (χ1) is 13.1. The third-order valence-electron chi connectivity index (χ3n) is 3.82. The van der Waals surface area contributed by atoms with Crippen molar-refractivity contribution in [3.05, 3.63) is 41.6 Å². The van der Waals surface area contributed by atoms with Gasteiger partial charge in [0, 0.05) is 30.4 Å². The normalized spacial score (nSPS) is 14.5. The van der Waals surface area contributed by atoms with Crippen molar-refractivity contribution in [2.24, 2.45) is 5.10 Å². The number of aromatic nitrogens is 2. The molecule has 3 rings (SSSR count). The first-order valence-corrected chi connectivity index (χ1v) is 9.51. The molecule has 1 fully saturated rings. The topological polar surface area (TPSA) is 99.9 Å². The number of phenolic OH excluding ortho intramolecular Hbond substituents is 1. The number of phenols is 1. The van der Waals surface area contributed by atoms with Crippen LogP contribution in [0.4, 0.5) is 5.82 Å². The molecule has 2 heterocycles. The molecule has 0 atom stereocenters. The van der Waals surface area contributed by atoms with E-state index in [0.717, 1.165) is 24.6 Å². The number of morpholine rings is 1. The molecule has 1 aromatic heterocycles. The number of ether oxygens (including phenoxy) is 1. The quantitative estimate of drug-likeness (QED) is 0.336. The summed E-state index contributed by atoms with van der Waals surface area (Å²) in [5.41, 5.74) is 3.82. The maximum atomic E-state index is 12.0. The number of aryl methyl sites for hydroxylation is 1. The number of carbonyl (C=O) groups is 1. The molecule has 0 saturated carbocycles. The van der Waals surface area contributed by atoms with Crippen LogP contribution >= 0.6 is 11.8 Å². The Hall–Kier alpha value is -2.65. The molecule has 27 heavy (non-hydrogen) atoms. The van der Waals surface area contributed by atoms with E-state index in [1.807, 2.05) is 13.0 Å². The number of hydrogen-bond donors (Lipinski definition) is 2. The minimum Gasteiger partial charge on any atom is -0.507 e. The lowest BCUT2D eigenvalue weighted by Crippen LogP contribution is -2.36. The van der Waals surface area contributed by atoms with E-state index in [1.165, 1.54) is 18.0 Å². The summed E-state index contributed by atoms with van der Waals surface area (Å²) in [6.45, 7) is 4.86. The van der Waals surface area contributed by atoms with E-state index in [2.05, 4.69) is 25.4 Å². The van der Waals surface area contributed by atoms with Crippen LogP contribution < -0.4 is 10.3 Å². The third kappa shape index (κ3) is 5.66. The van der Waals surface area contributed by atoms with Crippen molar-refractivity contribution in [1.29, 1.82) is 0 Å². The Balaban J connectivity index is 1.54. The Labute approximate surface area is 161 Å². The van der Waals surface area contributed by atoms with Crippen LogP contribution in [-0.4, -0.2) is 59.3 Å². The highest BCUT2D eigenvalue weighted by Crippen LogP contribution is 2.20. The number of anilines is 1. The van der Waals surface area contributed by atoms with E-state index in [4.69, 9.17) is 4.74 Å². The van der Waals surface area contributed by atoms with Gasteiger partial charge in [-0.2, -0.15) is 5.10 Å². The smallest absolute Gasteiger partial charge is 0.250 e. The highest BCUT2D eigenvalue weighted by molar-refractivity contribution is 7.99. The number of para-hydroxylation sites is 1. The van der Waals surface area contributed by atoms with Crippen molar-refractivity contribution in [2.75, 3.05) is 37.0 Å². The van der Waals surface area contributed by atoms with Crippen LogP contribution in [0.25, 0.3) is 0 Å². The number of hydrazone groups is 1. The van der Waals surface area contributed by atoms with Gasteiger partial charge in [0.25, 0.3) is 5.91 Å². The number of thioether (sulfide) groups is 1. The van der Waals surface area contributed by atoms with E-state index < -0.39 is 0 Å². The number of aromatic hydroxyl groups is 1. The lowest BCUT2D eigenvalue weighted by atomic mass is 10.2. The highest BCUT2D eigenvalue weighted by atomic mass is 32.2. The predicted molar refractivity (Wildman–Crippen MR) is 104 cm³/mol. The van der Waals surface area contributed by atoms with Gasteiger partial charge in [-0.15, -0.1) is 0 Å². The van der Waals surface area contributed by atoms with Crippen LogP contribution in [0.3, 0.4) is 0 Å². The summed E-state index contributed by atoms with van der Waals surface area (Å²) in [7, 11) is 0. The van der Waals surface area contributed by atoms with E-state index in [-0.39, 0.29) is 17.4 Å². The number of nitrogens with one attached hydrogen (secondary N) is 1. The summed E-state index contributed by atoms with van der Waals surface area (Å²) in [5.74, 6) is 0.828. The van der Waals surface area contributed by atoms with Crippen molar-refractivity contribution in [1.82, 2.24) is 15.4 Å². The molecule has 2 aromatic rings. The summed E-state index contributed by atoms with van der Waals surface area (Å²) in [6, 6.07) is 8.69. The summed E-state index contributed by atoms with van der Waals surface area (Å²) in [6.07, 6.45) is 1.40. The fourth-order valence-corrected chi connectivity index (χ4v) is 3.17. The van der Waals surface area contributed by atoms with E-state index >= 15 is 0 Å². The van der Waals surface area contributed by atoms with Crippen LogP contribution in [0.15, 0.2) is 40.6 Å². The molecule has 1 aromatic carbocycles. The third-order valence-corrected chi connectivity index (χ3v) is 4.66. The lowest BCUT2D eigenvalue weighted by molar-refractivity contribution is -0.118. The number of benzene rings is 1. The zero-order valence-corrected chi connectivity index (χ0v) is 15.8. The number of nitrogens with zero attached hydrogens (tertiary/aromatic N) is 4. The largest absolute Gasteiger partial charge is 0.507 e. The molecule has 142 valence electrons. The molecule has 1 aliphatic rings. The average molecular weight is 387 g/mol. The van der Waals surface area contributed by atoms with Gasteiger partial charge >= 0.3 is 0 Å². The van der Waals surface area contributed by atoms with Gasteiger partial charge in [-0.25, -0.2) is 15.4 Å². The fourth-order valence-electron chi connectivity index (χ4n) is 2.48. The Morgan fingerprint density at radius 3 is 2.93 bits per heavy atom. The van der Waals surface area contributed by atoms with Gasteiger partial charge in [0.2, 0.25) is 0 Å². The molecule has 1 amide bonds. The zero-order chi connectivity index (χ0) is 19.1. The summed E-state index contributed by atoms with van der Waals surface area (Å²) < 4.78 is 5.37. The van der Waals surface area contributed by atoms with Crippen molar-refractivity contribution < 1.29 is 14.6 Å². The fraction of sp³-hybridized carbons (Fsp3) is 0.333. The van der Waals surface area contributed by atoms with Gasteiger partial charge in [0.1, 0.15) is 11.6 Å². The minimum absolute atomic E-state index is 0.105. The number of carbonyl (C=O) groups excluding carboxylic acids is 1. The van der Waals surface area contributed by atoms with Crippen LogP contribution in [0.1, 0.15) is 11.3 Å². The van der Waals surface area contributed by atoms with Crippen LogP contribution in [-0.2, 0) is 9.53 Å². The maximum absolute atomic E-state index is 12.0. The number of rotatable bonds is 6. The first kappa shape index (κ1) is 19.1. The average Bonchev–Trinajstić information content (AvgIpc) is 2.68. The summed E-state index contributed by atoms with van der Waals surface area (Å²) >= 11 is 1.25. The summed E-state index contributed by atoms with van der Waals surface area (Å²) in [4.78, 5) is 23.0. The van der Waals surface area contributed by atoms with Gasteiger partial charge in [-0.3, -0.25) is 4.79 Å². The molecule has 0 bridgehead atoms. The lowest BCUT2D eigenvalue weighted by Gasteiger charge is -2.28. The highest BCUT2D eigenvalue weighted by Gasteiger charge is 2.14. The van der Waals surface area contributed by atoms with Crippen LogP contribution in [0.5, 0.6) is 5.75 Å². The second kappa shape index (κ2) is 9.33. The molecule has 0 spiro atoms.